The number of nitrogens with one attached hydrogen (secondary N) is 1. The number of ether oxygens (including phenoxy) is 1. The summed E-state index contributed by atoms with van der Waals surface area (Å²) in [4.78, 5) is 3.82. The molecule has 3 aromatic rings. The van der Waals surface area contributed by atoms with Crippen LogP contribution in [0.2, 0.25) is 0 Å². The molecule has 4 heteroatoms. The van der Waals surface area contributed by atoms with E-state index in [1.807, 2.05) is 18.2 Å². The van der Waals surface area contributed by atoms with E-state index >= 15 is 0 Å². The summed E-state index contributed by atoms with van der Waals surface area (Å²) in [5.74, 6) is 0.788. The predicted molar refractivity (Wildman–Crippen MR) is 95.6 cm³/mol. The van der Waals surface area contributed by atoms with E-state index in [1.54, 1.807) is 7.11 Å². The summed E-state index contributed by atoms with van der Waals surface area (Å²) in [5, 5.41) is 0.986. The molecule has 0 amide bonds. The van der Waals surface area contributed by atoms with Gasteiger partial charge in [-0.15, -0.1) is 0 Å². The van der Waals surface area contributed by atoms with Crippen molar-refractivity contribution in [3.63, 3.8) is 0 Å². The van der Waals surface area contributed by atoms with E-state index in [0.717, 1.165) is 33.5 Å². The highest BCUT2D eigenvalue weighted by molar-refractivity contribution is 7.80. The van der Waals surface area contributed by atoms with Crippen molar-refractivity contribution in [2.45, 2.75) is 13.8 Å². The standard InChI is InChI=1S/C18H18N2OS/c1-10-4-5-12(8-11(10)2)17-16(18(19)22)14-9-13(21-3)6-7-15(14)20-17/h4-9,20H,1-3H3,(H2,19,22). The highest BCUT2D eigenvalue weighted by Gasteiger charge is 2.16. The smallest absolute Gasteiger partial charge is 0.119 e. The lowest BCUT2D eigenvalue weighted by Gasteiger charge is -2.07. The van der Waals surface area contributed by atoms with Crippen molar-refractivity contribution in [2.75, 3.05) is 7.11 Å². The molecule has 112 valence electrons. The van der Waals surface area contributed by atoms with Crippen LogP contribution in [0.5, 0.6) is 5.75 Å². The molecule has 1 heterocycles. The molecule has 22 heavy (non-hydrogen) atoms. The third-order valence-corrected chi connectivity index (χ3v) is 4.25. The lowest BCUT2D eigenvalue weighted by Crippen LogP contribution is -2.10. The number of hydrogen-bond acceptors (Lipinski definition) is 2. The monoisotopic (exact) mass is 310 g/mol. The zero-order valence-corrected chi connectivity index (χ0v) is 13.7. The summed E-state index contributed by atoms with van der Waals surface area (Å²) >= 11 is 5.29. The van der Waals surface area contributed by atoms with Crippen LogP contribution in [0, 0.1) is 13.8 Å². The number of aromatic nitrogens is 1. The van der Waals surface area contributed by atoms with Gasteiger partial charge in [-0.25, -0.2) is 0 Å². The average Bonchev–Trinajstić information content (AvgIpc) is 2.88. The molecule has 0 aliphatic heterocycles. The molecule has 3 N–H and O–H groups in total. The highest BCUT2D eigenvalue weighted by Crippen LogP contribution is 2.33. The number of fused-ring (bicyclic) bond motifs is 1. The highest BCUT2D eigenvalue weighted by atomic mass is 32.1. The molecule has 0 saturated heterocycles. The van der Waals surface area contributed by atoms with Gasteiger partial charge in [0.05, 0.1) is 12.8 Å². The average molecular weight is 310 g/mol. The van der Waals surface area contributed by atoms with Crippen molar-refractivity contribution in [1.29, 1.82) is 0 Å². The Bertz CT molecular complexity index is 880. The minimum absolute atomic E-state index is 0.382. The zero-order chi connectivity index (χ0) is 15.9. The number of methoxy groups -OCH3 is 1. The Kier molecular flexibility index (Phi) is 3.62. The van der Waals surface area contributed by atoms with Gasteiger partial charge in [-0.2, -0.15) is 0 Å². The van der Waals surface area contributed by atoms with Crippen molar-refractivity contribution in [3.8, 4) is 17.0 Å². The number of aryl methyl sites for hydroxylation is 2. The van der Waals surface area contributed by atoms with Crippen LogP contribution in [0.1, 0.15) is 16.7 Å². The van der Waals surface area contributed by atoms with Crippen molar-refractivity contribution < 1.29 is 4.74 Å². The van der Waals surface area contributed by atoms with Crippen LogP contribution in [0.4, 0.5) is 0 Å². The van der Waals surface area contributed by atoms with Gasteiger partial charge in [0.2, 0.25) is 0 Å². The maximum Gasteiger partial charge on any atom is 0.119 e. The minimum Gasteiger partial charge on any atom is -0.497 e. The molecule has 0 unspecified atom stereocenters. The van der Waals surface area contributed by atoms with Crippen LogP contribution in [-0.2, 0) is 0 Å². The molecule has 0 aliphatic rings. The van der Waals surface area contributed by atoms with E-state index in [0.29, 0.717) is 4.99 Å². The van der Waals surface area contributed by atoms with Gasteiger partial charge in [0.15, 0.2) is 0 Å². The number of hydrogen-bond donors (Lipinski definition) is 2. The number of benzene rings is 2. The summed E-state index contributed by atoms with van der Waals surface area (Å²) < 4.78 is 5.31. The number of H-pyrrole nitrogens is 1. The molecular weight excluding hydrogens is 292 g/mol. The summed E-state index contributed by atoms with van der Waals surface area (Å²) in [7, 11) is 1.65. The van der Waals surface area contributed by atoms with Crippen molar-refractivity contribution in [3.05, 3.63) is 53.1 Å². The quantitative estimate of drug-likeness (QED) is 0.716. The van der Waals surface area contributed by atoms with Crippen molar-refractivity contribution >= 4 is 28.1 Å². The second-order valence-electron chi connectivity index (χ2n) is 5.45. The van der Waals surface area contributed by atoms with E-state index in [2.05, 4.69) is 37.0 Å². The topological polar surface area (TPSA) is 51.0 Å². The van der Waals surface area contributed by atoms with Gasteiger partial charge in [-0.1, -0.05) is 24.4 Å². The largest absolute Gasteiger partial charge is 0.497 e. The van der Waals surface area contributed by atoms with Gasteiger partial charge in [0.25, 0.3) is 0 Å². The number of aromatic amines is 1. The van der Waals surface area contributed by atoms with Gasteiger partial charge < -0.3 is 15.5 Å². The Labute approximate surface area is 135 Å². The maximum absolute atomic E-state index is 5.99. The summed E-state index contributed by atoms with van der Waals surface area (Å²) in [6.45, 7) is 4.20. The first-order chi connectivity index (χ1) is 10.5. The molecule has 2 aromatic carbocycles. The van der Waals surface area contributed by atoms with E-state index < -0.39 is 0 Å². The normalized spacial score (nSPS) is 10.9. The first-order valence-corrected chi connectivity index (χ1v) is 7.49. The fourth-order valence-corrected chi connectivity index (χ4v) is 2.88. The number of thiocarbonyl (C=S) groups is 1. The summed E-state index contributed by atoms with van der Waals surface area (Å²) in [5.41, 5.74) is 12.4. The SMILES string of the molecule is COc1ccc2[nH]c(-c3ccc(C)c(C)c3)c(C(N)=S)c2c1. The second-order valence-corrected chi connectivity index (χ2v) is 5.89. The fourth-order valence-electron chi connectivity index (χ4n) is 2.67. The van der Waals surface area contributed by atoms with Crippen LogP contribution in [0.25, 0.3) is 22.2 Å². The molecule has 1 aromatic heterocycles. The molecule has 0 radical (unpaired) electrons. The third-order valence-electron chi connectivity index (χ3n) is 4.05. The van der Waals surface area contributed by atoms with Gasteiger partial charge in [0, 0.05) is 16.5 Å². The Morgan fingerprint density at radius 2 is 1.86 bits per heavy atom. The number of nitrogens with two attached hydrogens (primary N) is 1. The Morgan fingerprint density at radius 1 is 1.09 bits per heavy atom. The maximum atomic E-state index is 5.99. The van der Waals surface area contributed by atoms with E-state index in [9.17, 15) is 0 Å². The first kappa shape index (κ1) is 14.6. The first-order valence-electron chi connectivity index (χ1n) is 7.08. The molecule has 0 fully saturated rings. The fraction of sp³-hybridized carbons (Fsp3) is 0.167. The Balaban J connectivity index is 2.30. The molecule has 0 spiro atoms. The van der Waals surface area contributed by atoms with E-state index in [-0.39, 0.29) is 0 Å². The zero-order valence-electron chi connectivity index (χ0n) is 12.9. The summed E-state index contributed by atoms with van der Waals surface area (Å²) in [6, 6.07) is 12.2. The second kappa shape index (κ2) is 5.46. The summed E-state index contributed by atoms with van der Waals surface area (Å²) in [6.07, 6.45) is 0. The van der Waals surface area contributed by atoms with Gasteiger partial charge in [-0.3, -0.25) is 0 Å². The minimum atomic E-state index is 0.382. The Hall–Kier alpha value is -2.33. The van der Waals surface area contributed by atoms with Crippen LogP contribution >= 0.6 is 12.2 Å². The lowest BCUT2D eigenvalue weighted by atomic mass is 10.0. The van der Waals surface area contributed by atoms with Gasteiger partial charge in [-0.05, 0) is 54.8 Å². The number of rotatable bonds is 3. The van der Waals surface area contributed by atoms with E-state index in [1.165, 1.54) is 11.1 Å². The molecular formula is C18H18N2OS. The van der Waals surface area contributed by atoms with Gasteiger partial charge >= 0.3 is 0 Å². The molecule has 3 nitrogen and oxygen atoms in total. The van der Waals surface area contributed by atoms with Crippen molar-refractivity contribution in [1.82, 2.24) is 4.98 Å². The van der Waals surface area contributed by atoms with E-state index in [4.69, 9.17) is 22.7 Å². The lowest BCUT2D eigenvalue weighted by molar-refractivity contribution is 0.415. The predicted octanol–water partition coefficient (Wildman–Crippen LogP) is 4.09. The Morgan fingerprint density at radius 3 is 2.50 bits per heavy atom. The molecule has 0 atom stereocenters. The van der Waals surface area contributed by atoms with Crippen LogP contribution in [-0.4, -0.2) is 17.1 Å². The molecule has 0 bridgehead atoms. The van der Waals surface area contributed by atoms with Gasteiger partial charge in [0.1, 0.15) is 10.7 Å². The van der Waals surface area contributed by atoms with Crippen LogP contribution < -0.4 is 10.5 Å². The van der Waals surface area contributed by atoms with Crippen LogP contribution in [0.3, 0.4) is 0 Å². The van der Waals surface area contributed by atoms with Crippen LogP contribution in [0.15, 0.2) is 36.4 Å². The molecule has 0 saturated carbocycles. The molecule has 3 rings (SSSR count). The van der Waals surface area contributed by atoms with Crippen molar-refractivity contribution in [2.24, 2.45) is 5.73 Å². The molecule has 0 aliphatic carbocycles. The third kappa shape index (κ3) is 2.35.